The molecular formula is C18H17Cl2FN2O3. The number of carbonyl (C=O) groups excluding carboxylic acids is 2. The van der Waals surface area contributed by atoms with Gasteiger partial charge < -0.3 is 15.4 Å². The van der Waals surface area contributed by atoms with Crippen LogP contribution in [0.15, 0.2) is 42.5 Å². The SMILES string of the molecule is CC(NC(=O)c1cccc(Cl)c1Cl)C(=O)NCCOc1cccc(F)c1. The van der Waals surface area contributed by atoms with Crippen molar-refractivity contribution < 1.29 is 18.7 Å². The second-order valence-corrected chi connectivity index (χ2v) is 6.18. The molecule has 1 unspecified atom stereocenters. The van der Waals surface area contributed by atoms with Gasteiger partial charge >= 0.3 is 0 Å². The van der Waals surface area contributed by atoms with Gasteiger partial charge in [-0.3, -0.25) is 9.59 Å². The molecule has 2 aromatic carbocycles. The minimum Gasteiger partial charge on any atom is -0.492 e. The summed E-state index contributed by atoms with van der Waals surface area (Å²) in [6, 6.07) is 9.59. The smallest absolute Gasteiger partial charge is 0.253 e. The van der Waals surface area contributed by atoms with E-state index in [0.717, 1.165) is 0 Å². The van der Waals surface area contributed by atoms with Gasteiger partial charge in [0.1, 0.15) is 24.2 Å². The average Bonchev–Trinajstić information content (AvgIpc) is 2.60. The number of halogens is 3. The van der Waals surface area contributed by atoms with Crippen molar-refractivity contribution >= 4 is 35.0 Å². The van der Waals surface area contributed by atoms with Crippen LogP contribution in [0, 0.1) is 5.82 Å². The molecule has 0 saturated heterocycles. The number of hydrogen-bond donors (Lipinski definition) is 2. The van der Waals surface area contributed by atoms with Crippen LogP contribution in [0.1, 0.15) is 17.3 Å². The van der Waals surface area contributed by atoms with Crippen LogP contribution in [0.25, 0.3) is 0 Å². The fraction of sp³-hybridized carbons (Fsp3) is 0.222. The summed E-state index contributed by atoms with van der Waals surface area (Å²) in [6.45, 7) is 1.91. The molecule has 2 amide bonds. The molecule has 0 radical (unpaired) electrons. The topological polar surface area (TPSA) is 67.4 Å². The van der Waals surface area contributed by atoms with Crippen LogP contribution in [0.4, 0.5) is 4.39 Å². The normalized spacial score (nSPS) is 11.5. The van der Waals surface area contributed by atoms with Crippen molar-refractivity contribution in [3.05, 3.63) is 63.9 Å². The minimum absolute atomic E-state index is 0.128. The lowest BCUT2D eigenvalue weighted by molar-refractivity contribution is -0.122. The highest BCUT2D eigenvalue weighted by Gasteiger charge is 2.18. The number of rotatable bonds is 7. The number of carbonyl (C=O) groups is 2. The molecule has 8 heteroatoms. The van der Waals surface area contributed by atoms with E-state index in [4.69, 9.17) is 27.9 Å². The van der Waals surface area contributed by atoms with E-state index < -0.39 is 17.8 Å². The highest BCUT2D eigenvalue weighted by molar-refractivity contribution is 6.43. The van der Waals surface area contributed by atoms with E-state index >= 15 is 0 Å². The van der Waals surface area contributed by atoms with E-state index in [2.05, 4.69) is 10.6 Å². The van der Waals surface area contributed by atoms with Gasteiger partial charge in [-0.1, -0.05) is 35.3 Å². The molecular weight excluding hydrogens is 382 g/mol. The van der Waals surface area contributed by atoms with Gasteiger partial charge in [-0.25, -0.2) is 4.39 Å². The summed E-state index contributed by atoms with van der Waals surface area (Å²) in [6.07, 6.45) is 0. The molecule has 5 nitrogen and oxygen atoms in total. The van der Waals surface area contributed by atoms with Gasteiger partial charge in [-0.05, 0) is 31.2 Å². The summed E-state index contributed by atoms with van der Waals surface area (Å²) < 4.78 is 18.3. The molecule has 0 aromatic heterocycles. The molecule has 1 atom stereocenters. The monoisotopic (exact) mass is 398 g/mol. The molecule has 0 aliphatic carbocycles. The van der Waals surface area contributed by atoms with Crippen molar-refractivity contribution in [3.63, 3.8) is 0 Å². The highest BCUT2D eigenvalue weighted by Crippen LogP contribution is 2.25. The first-order valence-corrected chi connectivity index (χ1v) is 8.55. The zero-order valence-corrected chi connectivity index (χ0v) is 15.4. The zero-order valence-electron chi connectivity index (χ0n) is 13.9. The van der Waals surface area contributed by atoms with Crippen molar-refractivity contribution in [2.45, 2.75) is 13.0 Å². The van der Waals surface area contributed by atoms with Crippen LogP contribution in [-0.4, -0.2) is 31.0 Å². The first-order valence-electron chi connectivity index (χ1n) is 7.79. The molecule has 0 spiro atoms. The number of ether oxygens (including phenoxy) is 1. The Morgan fingerprint density at radius 2 is 1.92 bits per heavy atom. The standard InChI is InChI=1S/C18H17Cl2FN2O3/c1-11(23-18(25)14-6-3-7-15(19)16(14)20)17(24)22-8-9-26-13-5-2-4-12(21)10-13/h2-7,10-11H,8-9H2,1H3,(H,22,24)(H,23,25). The maximum absolute atomic E-state index is 13.0. The van der Waals surface area contributed by atoms with Crippen molar-refractivity contribution in [2.75, 3.05) is 13.2 Å². The summed E-state index contributed by atoms with van der Waals surface area (Å²) in [5.74, 6) is -0.922. The van der Waals surface area contributed by atoms with Gasteiger partial charge in [-0.2, -0.15) is 0 Å². The Balaban J connectivity index is 1.78. The van der Waals surface area contributed by atoms with Crippen LogP contribution >= 0.6 is 23.2 Å². The van der Waals surface area contributed by atoms with Crippen molar-refractivity contribution in [1.82, 2.24) is 10.6 Å². The summed E-state index contributed by atoms with van der Waals surface area (Å²) in [5, 5.41) is 5.55. The molecule has 0 aliphatic heterocycles. The van der Waals surface area contributed by atoms with Crippen molar-refractivity contribution in [1.29, 1.82) is 0 Å². The molecule has 2 rings (SSSR count). The van der Waals surface area contributed by atoms with Crippen LogP contribution < -0.4 is 15.4 Å². The molecule has 26 heavy (non-hydrogen) atoms. The third kappa shape index (κ3) is 5.61. The molecule has 0 bridgehead atoms. The van der Waals surface area contributed by atoms with Crippen LogP contribution in [-0.2, 0) is 4.79 Å². The molecule has 0 fully saturated rings. The third-order valence-corrected chi connectivity index (χ3v) is 4.22. The Morgan fingerprint density at radius 1 is 1.19 bits per heavy atom. The largest absolute Gasteiger partial charge is 0.492 e. The van der Waals surface area contributed by atoms with Gasteiger partial charge in [0, 0.05) is 6.07 Å². The Bertz CT molecular complexity index is 802. The van der Waals surface area contributed by atoms with Gasteiger partial charge in [0.25, 0.3) is 5.91 Å². The lowest BCUT2D eigenvalue weighted by Gasteiger charge is -2.15. The van der Waals surface area contributed by atoms with Gasteiger partial charge in [0.05, 0.1) is 22.2 Å². The molecule has 0 heterocycles. The van der Waals surface area contributed by atoms with Crippen LogP contribution in [0.3, 0.4) is 0 Å². The van der Waals surface area contributed by atoms with Gasteiger partial charge in [-0.15, -0.1) is 0 Å². The average molecular weight is 399 g/mol. The number of amides is 2. The quantitative estimate of drug-likeness (QED) is 0.701. The fourth-order valence-electron chi connectivity index (χ4n) is 2.07. The van der Waals surface area contributed by atoms with Crippen molar-refractivity contribution in [3.8, 4) is 5.75 Å². The molecule has 0 saturated carbocycles. The van der Waals surface area contributed by atoms with E-state index in [1.54, 1.807) is 25.1 Å². The Morgan fingerprint density at radius 3 is 2.65 bits per heavy atom. The van der Waals surface area contributed by atoms with Crippen LogP contribution in [0.5, 0.6) is 5.75 Å². The van der Waals surface area contributed by atoms with E-state index in [1.807, 2.05) is 0 Å². The summed E-state index contributed by atoms with van der Waals surface area (Å²) in [4.78, 5) is 24.2. The maximum Gasteiger partial charge on any atom is 0.253 e. The first kappa shape index (κ1) is 20.0. The summed E-state index contributed by atoms with van der Waals surface area (Å²) in [7, 11) is 0. The molecule has 0 aliphatic rings. The number of hydrogen-bond acceptors (Lipinski definition) is 3. The van der Waals surface area contributed by atoms with E-state index in [9.17, 15) is 14.0 Å². The Kier molecular flexibility index (Phi) is 7.24. The van der Waals surface area contributed by atoms with Crippen LogP contribution in [0.2, 0.25) is 10.0 Å². The second-order valence-electron chi connectivity index (χ2n) is 5.39. The summed E-state index contributed by atoms with van der Waals surface area (Å²) >= 11 is 11.9. The minimum atomic E-state index is -0.785. The molecule has 138 valence electrons. The summed E-state index contributed by atoms with van der Waals surface area (Å²) in [5.41, 5.74) is 0.188. The number of nitrogens with one attached hydrogen (secondary N) is 2. The fourth-order valence-corrected chi connectivity index (χ4v) is 2.46. The Hall–Kier alpha value is -2.31. The lowest BCUT2D eigenvalue weighted by atomic mass is 10.2. The predicted octanol–water partition coefficient (Wildman–Crippen LogP) is 3.45. The first-order chi connectivity index (χ1) is 12.4. The van der Waals surface area contributed by atoms with Crippen molar-refractivity contribution in [2.24, 2.45) is 0 Å². The third-order valence-electron chi connectivity index (χ3n) is 3.40. The van der Waals surface area contributed by atoms with E-state index in [1.165, 1.54) is 24.3 Å². The Labute approximate surface area is 160 Å². The van der Waals surface area contributed by atoms with Gasteiger partial charge in [0.15, 0.2) is 0 Å². The van der Waals surface area contributed by atoms with E-state index in [0.29, 0.717) is 5.75 Å². The maximum atomic E-state index is 13.0. The van der Waals surface area contributed by atoms with E-state index in [-0.39, 0.29) is 34.7 Å². The lowest BCUT2D eigenvalue weighted by Crippen LogP contribution is -2.45. The predicted molar refractivity (Wildman–Crippen MR) is 98.3 cm³/mol. The zero-order chi connectivity index (χ0) is 19.1. The highest BCUT2D eigenvalue weighted by atomic mass is 35.5. The van der Waals surface area contributed by atoms with Gasteiger partial charge in [0.2, 0.25) is 5.91 Å². The number of benzene rings is 2. The molecule has 2 N–H and O–H groups in total. The molecule has 2 aromatic rings. The second kappa shape index (κ2) is 9.40.